The van der Waals surface area contributed by atoms with Crippen molar-refractivity contribution in [2.45, 2.75) is 38.3 Å². The second-order valence-corrected chi connectivity index (χ2v) is 7.66. The second-order valence-electron chi connectivity index (χ2n) is 7.66. The van der Waals surface area contributed by atoms with Gasteiger partial charge in [-0.3, -0.25) is 14.7 Å². The summed E-state index contributed by atoms with van der Waals surface area (Å²) >= 11 is 0. The molecule has 4 rings (SSSR count). The van der Waals surface area contributed by atoms with Crippen molar-refractivity contribution >= 4 is 22.5 Å². The van der Waals surface area contributed by atoms with Crippen molar-refractivity contribution in [3.8, 4) is 6.07 Å². The lowest BCUT2D eigenvalue weighted by Crippen LogP contribution is -2.42. The van der Waals surface area contributed by atoms with Gasteiger partial charge in [-0.25, -0.2) is 0 Å². The average molecular weight is 363 g/mol. The first-order chi connectivity index (χ1) is 13.1. The molecule has 2 aromatic rings. The highest BCUT2D eigenvalue weighted by molar-refractivity contribution is 5.83. The molecule has 2 saturated heterocycles. The summed E-state index contributed by atoms with van der Waals surface area (Å²) in [4.78, 5) is 20.9. The van der Waals surface area contributed by atoms with Gasteiger partial charge >= 0.3 is 0 Å². The van der Waals surface area contributed by atoms with Gasteiger partial charge in [-0.2, -0.15) is 5.26 Å². The van der Waals surface area contributed by atoms with Crippen molar-refractivity contribution in [1.82, 2.24) is 14.8 Å². The number of carbonyl (C=O) groups excluding carboxylic acids is 1. The zero-order valence-electron chi connectivity index (χ0n) is 15.7. The van der Waals surface area contributed by atoms with Crippen LogP contribution in [0.4, 0.5) is 5.69 Å². The van der Waals surface area contributed by atoms with Gasteiger partial charge in [0.05, 0.1) is 18.1 Å². The van der Waals surface area contributed by atoms with Crippen LogP contribution < -0.4 is 5.32 Å². The van der Waals surface area contributed by atoms with Gasteiger partial charge in [0, 0.05) is 42.9 Å². The highest BCUT2D eigenvalue weighted by Gasteiger charge is 2.31. The lowest BCUT2D eigenvalue weighted by molar-refractivity contribution is -0.132. The zero-order chi connectivity index (χ0) is 18.8. The molecule has 27 heavy (non-hydrogen) atoms. The fourth-order valence-corrected chi connectivity index (χ4v) is 4.14. The summed E-state index contributed by atoms with van der Waals surface area (Å²) in [6, 6.07) is 10.8. The molecule has 1 amide bonds. The van der Waals surface area contributed by atoms with E-state index in [1.54, 1.807) is 4.90 Å². The molecule has 6 heteroatoms. The minimum atomic E-state index is -0.233. The first kappa shape index (κ1) is 17.7. The normalized spacial score (nSPS) is 22.9. The molecule has 0 radical (unpaired) electrons. The summed E-state index contributed by atoms with van der Waals surface area (Å²) in [6.45, 7) is 4.94. The van der Waals surface area contributed by atoms with E-state index in [9.17, 15) is 10.1 Å². The number of aryl methyl sites for hydroxylation is 1. The van der Waals surface area contributed by atoms with Gasteiger partial charge in [0.2, 0.25) is 5.91 Å². The standard InChI is InChI=1S/C21H25N5O/c1-15-9-16-10-17(4-5-20(16)23-12-15)24-18-6-8-25(13-18)14-21(27)26-7-2-3-19(26)11-22/h4-5,9-10,12,18-19,24H,2-3,6-8,13-14H2,1H3/t18-,19+/m1/s1. The maximum absolute atomic E-state index is 12.5. The number of pyridine rings is 1. The van der Waals surface area contributed by atoms with Crippen LogP contribution in [0.2, 0.25) is 0 Å². The van der Waals surface area contributed by atoms with Crippen LogP contribution in [0.25, 0.3) is 10.9 Å². The van der Waals surface area contributed by atoms with Gasteiger partial charge in [0.1, 0.15) is 6.04 Å². The van der Waals surface area contributed by atoms with E-state index in [-0.39, 0.29) is 11.9 Å². The zero-order valence-corrected chi connectivity index (χ0v) is 15.7. The molecule has 1 N–H and O–H groups in total. The maximum atomic E-state index is 12.5. The number of anilines is 1. The predicted octanol–water partition coefficient (Wildman–Crippen LogP) is 2.54. The fourth-order valence-electron chi connectivity index (χ4n) is 4.14. The Morgan fingerprint density at radius 3 is 3.07 bits per heavy atom. The third-order valence-electron chi connectivity index (χ3n) is 5.54. The van der Waals surface area contributed by atoms with E-state index in [1.807, 2.05) is 12.3 Å². The van der Waals surface area contributed by atoms with E-state index in [2.05, 4.69) is 46.4 Å². The van der Waals surface area contributed by atoms with Gasteiger partial charge in [0.15, 0.2) is 0 Å². The summed E-state index contributed by atoms with van der Waals surface area (Å²) < 4.78 is 0. The van der Waals surface area contributed by atoms with E-state index in [4.69, 9.17) is 0 Å². The number of nitriles is 1. The van der Waals surface area contributed by atoms with Crippen molar-refractivity contribution in [2.24, 2.45) is 0 Å². The Kier molecular flexibility index (Phi) is 4.95. The Bertz CT molecular complexity index is 890. The molecular formula is C21H25N5O. The molecule has 0 spiro atoms. The molecule has 6 nitrogen and oxygen atoms in total. The molecule has 2 aliphatic heterocycles. The van der Waals surface area contributed by atoms with E-state index in [1.165, 1.54) is 0 Å². The van der Waals surface area contributed by atoms with Crippen molar-refractivity contribution in [1.29, 1.82) is 5.26 Å². The van der Waals surface area contributed by atoms with Crippen LogP contribution in [0.3, 0.4) is 0 Å². The minimum Gasteiger partial charge on any atom is -0.381 e. The molecule has 2 atom stereocenters. The molecule has 140 valence electrons. The Morgan fingerprint density at radius 2 is 2.22 bits per heavy atom. The number of amides is 1. The topological polar surface area (TPSA) is 72.3 Å². The maximum Gasteiger partial charge on any atom is 0.237 e. The van der Waals surface area contributed by atoms with Crippen LogP contribution in [0.5, 0.6) is 0 Å². The van der Waals surface area contributed by atoms with E-state index >= 15 is 0 Å². The van der Waals surface area contributed by atoms with Gasteiger partial charge in [0.25, 0.3) is 0 Å². The number of nitrogens with zero attached hydrogens (tertiary/aromatic N) is 4. The molecule has 1 aromatic carbocycles. The van der Waals surface area contributed by atoms with Crippen LogP contribution in [0.1, 0.15) is 24.8 Å². The Labute approximate surface area is 159 Å². The van der Waals surface area contributed by atoms with E-state index < -0.39 is 0 Å². The number of fused-ring (bicyclic) bond motifs is 1. The number of benzene rings is 1. The quantitative estimate of drug-likeness (QED) is 0.904. The van der Waals surface area contributed by atoms with E-state index in [0.717, 1.165) is 61.1 Å². The molecular weight excluding hydrogens is 338 g/mol. The molecule has 0 aliphatic carbocycles. The highest BCUT2D eigenvalue weighted by atomic mass is 16.2. The number of aromatic nitrogens is 1. The highest BCUT2D eigenvalue weighted by Crippen LogP contribution is 2.22. The first-order valence-electron chi connectivity index (χ1n) is 9.67. The van der Waals surface area contributed by atoms with Crippen molar-refractivity contribution in [3.05, 3.63) is 36.0 Å². The summed E-state index contributed by atoms with van der Waals surface area (Å²) in [7, 11) is 0. The van der Waals surface area contributed by atoms with Crippen molar-refractivity contribution in [2.75, 3.05) is 31.5 Å². The van der Waals surface area contributed by atoms with Crippen LogP contribution in [0.15, 0.2) is 30.5 Å². The molecule has 2 aliphatic rings. The van der Waals surface area contributed by atoms with Gasteiger partial charge < -0.3 is 10.2 Å². The number of carbonyl (C=O) groups is 1. The Morgan fingerprint density at radius 1 is 1.33 bits per heavy atom. The number of hydrogen-bond donors (Lipinski definition) is 1. The number of rotatable bonds is 4. The van der Waals surface area contributed by atoms with Crippen LogP contribution in [-0.2, 0) is 4.79 Å². The Balaban J connectivity index is 1.34. The van der Waals surface area contributed by atoms with Crippen LogP contribution in [0, 0.1) is 18.3 Å². The van der Waals surface area contributed by atoms with Crippen LogP contribution >= 0.6 is 0 Å². The fraction of sp³-hybridized carbons (Fsp3) is 0.476. The lowest BCUT2D eigenvalue weighted by Gasteiger charge is -2.23. The van der Waals surface area contributed by atoms with Gasteiger partial charge in [-0.1, -0.05) is 0 Å². The minimum absolute atomic E-state index is 0.0898. The second kappa shape index (κ2) is 7.53. The molecule has 2 fully saturated rings. The van der Waals surface area contributed by atoms with Crippen LogP contribution in [-0.4, -0.2) is 59.0 Å². The van der Waals surface area contributed by atoms with Crippen molar-refractivity contribution < 1.29 is 4.79 Å². The SMILES string of the molecule is Cc1cnc2ccc(N[C@@H]3CCN(CC(=O)N4CCC[C@H]4C#N)C3)cc2c1. The van der Waals surface area contributed by atoms with Gasteiger partial charge in [-0.05, 0) is 56.0 Å². The summed E-state index contributed by atoms with van der Waals surface area (Å²) in [5.41, 5.74) is 3.25. The Hall–Kier alpha value is -2.65. The monoisotopic (exact) mass is 363 g/mol. The summed E-state index contributed by atoms with van der Waals surface area (Å²) in [5.74, 6) is 0.0898. The summed E-state index contributed by atoms with van der Waals surface area (Å²) in [6.07, 6.45) is 4.64. The third kappa shape index (κ3) is 3.88. The molecule has 0 bridgehead atoms. The predicted molar refractivity (Wildman–Crippen MR) is 105 cm³/mol. The van der Waals surface area contributed by atoms with Crippen molar-refractivity contribution in [3.63, 3.8) is 0 Å². The molecule has 0 saturated carbocycles. The van der Waals surface area contributed by atoms with Gasteiger partial charge in [-0.15, -0.1) is 0 Å². The number of hydrogen-bond acceptors (Lipinski definition) is 5. The third-order valence-corrected chi connectivity index (χ3v) is 5.54. The lowest BCUT2D eigenvalue weighted by atomic mass is 10.1. The first-order valence-corrected chi connectivity index (χ1v) is 9.67. The average Bonchev–Trinajstić information content (AvgIpc) is 3.30. The summed E-state index contributed by atoms with van der Waals surface area (Å²) in [5, 5.41) is 13.9. The largest absolute Gasteiger partial charge is 0.381 e. The number of nitrogens with one attached hydrogen (secondary N) is 1. The van der Waals surface area contributed by atoms with E-state index in [0.29, 0.717) is 12.6 Å². The molecule has 1 aromatic heterocycles. The number of likely N-dealkylation sites (tertiary alicyclic amines) is 2. The molecule has 0 unspecified atom stereocenters. The molecule has 3 heterocycles. The smallest absolute Gasteiger partial charge is 0.237 e.